The fourth-order valence-corrected chi connectivity index (χ4v) is 2.36. The van der Waals surface area contributed by atoms with Crippen LogP contribution in [-0.4, -0.2) is 54.4 Å². The van der Waals surface area contributed by atoms with E-state index in [9.17, 15) is 10.2 Å². The van der Waals surface area contributed by atoms with Gasteiger partial charge in [-0.1, -0.05) is 6.07 Å². The van der Waals surface area contributed by atoms with Gasteiger partial charge in [0.25, 0.3) is 0 Å². The lowest BCUT2D eigenvalue weighted by Gasteiger charge is -2.18. The first-order valence-corrected chi connectivity index (χ1v) is 6.07. The molecule has 2 rings (SSSR count). The van der Waals surface area contributed by atoms with Crippen molar-refractivity contribution in [2.45, 2.75) is 24.3 Å². The van der Waals surface area contributed by atoms with E-state index >= 15 is 0 Å². The maximum atomic E-state index is 10.0. The minimum atomic E-state index is -0.997. The van der Waals surface area contributed by atoms with Gasteiger partial charge in [-0.3, -0.25) is 0 Å². The zero-order valence-corrected chi connectivity index (χ0v) is 10.9. The molecule has 4 N–H and O–H groups in total. The summed E-state index contributed by atoms with van der Waals surface area (Å²) in [4.78, 5) is 0. The maximum Gasteiger partial charge on any atom is 0.161 e. The van der Waals surface area contributed by atoms with Crippen molar-refractivity contribution in [3.05, 3.63) is 23.8 Å². The van der Waals surface area contributed by atoms with Crippen molar-refractivity contribution in [2.75, 3.05) is 20.8 Å². The standard InChI is InChI=1S/C13H19NO5/c1-18-9-4-3-7(5-10(9)19-2)11-13(17)12(16)8(6-15)14-11/h3-5,8,11-17H,6H2,1-2H3/t8-,11-,12-,13-/m0/s1. The number of methoxy groups -OCH3 is 2. The van der Waals surface area contributed by atoms with E-state index in [1.807, 2.05) is 0 Å². The van der Waals surface area contributed by atoms with Crippen molar-refractivity contribution in [2.24, 2.45) is 0 Å². The summed E-state index contributed by atoms with van der Waals surface area (Å²) in [6, 6.07) is 4.28. The van der Waals surface area contributed by atoms with Gasteiger partial charge in [0.05, 0.1) is 39.0 Å². The molecule has 0 aromatic heterocycles. The van der Waals surface area contributed by atoms with Crippen LogP contribution in [0.4, 0.5) is 0 Å². The fourth-order valence-electron chi connectivity index (χ4n) is 2.36. The van der Waals surface area contributed by atoms with Crippen LogP contribution in [-0.2, 0) is 0 Å². The summed E-state index contributed by atoms with van der Waals surface area (Å²) in [6.45, 7) is -0.234. The van der Waals surface area contributed by atoms with Gasteiger partial charge < -0.3 is 30.1 Å². The molecule has 0 unspecified atom stereocenters. The van der Waals surface area contributed by atoms with Gasteiger partial charge in [-0.05, 0) is 17.7 Å². The Bertz CT molecular complexity index is 439. The second-order valence-corrected chi connectivity index (χ2v) is 4.53. The van der Waals surface area contributed by atoms with Crippen molar-refractivity contribution >= 4 is 0 Å². The molecular formula is C13H19NO5. The van der Waals surface area contributed by atoms with E-state index in [0.29, 0.717) is 11.5 Å². The maximum absolute atomic E-state index is 10.0. The first kappa shape index (κ1) is 14.1. The van der Waals surface area contributed by atoms with Crippen LogP contribution in [0.25, 0.3) is 0 Å². The number of aliphatic hydroxyl groups excluding tert-OH is 3. The number of rotatable bonds is 4. The van der Waals surface area contributed by atoms with E-state index < -0.39 is 24.3 Å². The summed E-state index contributed by atoms with van der Waals surface area (Å²) in [6.07, 6.45) is -1.97. The second-order valence-electron chi connectivity index (χ2n) is 4.53. The molecule has 0 saturated carbocycles. The third kappa shape index (κ3) is 2.52. The highest BCUT2D eigenvalue weighted by molar-refractivity contribution is 5.44. The smallest absolute Gasteiger partial charge is 0.161 e. The molecule has 1 aromatic rings. The van der Waals surface area contributed by atoms with E-state index in [2.05, 4.69) is 5.32 Å². The molecule has 0 amide bonds. The molecule has 0 aliphatic carbocycles. The lowest BCUT2D eigenvalue weighted by atomic mass is 10.0. The third-order valence-corrected chi connectivity index (χ3v) is 3.46. The SMILES string of the molecule is COc1ccc([C@@H]2N[C@@H](CO)[C@H](O)[C@H]2O)cc1OC. The summed E-state index contributed by atoms with van der Waals surface area (Å²) in [7, 11) is 3.08. The first-order chi connectivity index (χ1) is 9.12. The summed E-state index contributed by atoms with van der Waals surface area (Å²) >= 11 is 0. The van der Waals surface area contributed by atoms with Crippen LogP contribution in [0.5, 0.6) is 11.5 Å². The molecule has 0 radical (unpaired) electrons. The van der Waals surface area contributed by atoms with Crippen LogP contribution in [0.1, 0.15) is 11.6 Å². The Morgan fingerprint density at radius 3 is 2.32 bits per heavy atom. The Labute approximate surface area is 111 Å². The molecule has 1 aromatic carbocycles. The van der Waals surface area contributed by atoms with Crippen LogP contribution in [0.15, 0.2) is 18.2 Å². The molecule has 6 heteroatoms. The van der Waals surface area contributed by atoms with E-state index in [-0.39, 0.29) is 6.61 Å². The topological polar surface area (TPSA) is 91.2 Å². The quantitative estimate of drug-likeness (QED) is 0.585. The Hall–Kier alpha value is -1.34. The second kappa shape index (κ2) is 5.75. The Kier molecular flexibility index (Phi) is 4.26. The van der Waals surface area contributed by atoms with Gasteiger partial charge in [0.1, 0.15) is 6.10 Å². The van der Waals surface area contributed by atoms with Crippen molar-refractivity contribution in [3.8, 4) is 11.5 Å². The van der Waals surface area contributed by atoms with Crippen LogP contribution in [0, 0.1) is 0 Å². The van der Waals surface area contributed by atoms with Gasteiger partial charge in [0.2, 0.25) is 0 Å². The monoisotopic (exact) mass is 269 g/mol. The van der Waals surface area contributed by atoms with Crippen LogP contribution < -0.4 is 14.8 Å². The Balaban J connectivity index is 2.27. The van der Waals surface area contributed by atoms with E-state index in [1.165, 1.54) is 7.11 Å². The van der Waals surface area contributed by atoms with Gasteiger partial charge in [-0.25, -0.2) is 0 Å². The van der Waals surface area contributed by atoms with E-state index in [1.54, 1.807) is 25.3 Å². The molecular weight excluding hydrogens is 250 g/mol. The lowest BCUT2D eigenvalue weighted by Crippen LogP contribution is -2.35. The number of ether oxygens (including phenoxy) is 2. The number of hydrogen-bond donors (Lipinski definition) is 4. The largest absolute Gasteiger partial charge is 0.493 e. The third-order valence-electron chi connectivity index (χ3n) is 3.46. The highest BCUT2D eigenvalue weighted by Gasteiger charge is 2.41. The molecule has 4 atom stereocenters. The number of hydrogen-bond acceptors (Lipinski definition) is 6. The molecule has 1 aliphatic rings. The minimum Gasteiger partial charge on any atom is -0.493 e. The van der Waals surface area contributed by atoms with Gasteiger partial charge in [-0.2, -0.15) is 0 Å². The molecule has 1 saturated heterocycles. The van der Waals surface area contributed by atoms with Crippen molar-refractivity contribution in [1.82, 2.24) is 5.32 Å². The summed E-state index contributed by atoms with van der Waals surface area (Å²) in [5.74, 6) is 1.15. The number of benzene rings is 1. The molecule has 106 valence electrons. The summed E-state index contributed by atoms with van der Waals surface area (Å²) in [5, 5.41) is 31.9. The molecule has 1 heterocycles. The molecule has 1 aliphatic heterocycles. The number of aliphatic hydroxyl groups is 3. The molecule has 0 bridgehead atoms. The molecule has 0 spiro atoms. The van der Waals surface area contributed by atoms with E-state index in [0.717, 1.165) is 5.56 Å². The lowest BCUT2D eigenvalue weighted by molar-refractivity contribution is 0.0194. The van der Waals surface area contributed by atoms with Gasteiger partial charge in [0, 0.05) is 0 Å². The Morgan fingerprint density at radius 1 is 1.11 bits per heavy atom. The Morgan fingerprint density at radius 2 is 1.79 bits per heavy atom. The van der Waals surface area contributed by atoms with E-state index in [4.69, 9.17) is 14.6 Å². The van der Waals surface area contributed by atoms with Gasteiger partial charge in [-0.15, -0.1) is 0 Å². The van der Waals surface area contributed by atoms with Crippen molar-refractivity contribution in [1.29, 1.82) is 0 Å². The predicted octanol–water partition coefficient (Wildman–Crippen LogP) is -0.569. The molecule has 1 fully saturated rings. The number of nitrogens with one attached hydrogen (secondary N) is 1. The fraction of sp³-hybridized carbons (Fsp3) is 0.538. The zero-order valence-electron chi connectivity index (χ0n) is 10.9. The predicted molar refractivity (Wildman–Crippen MR) is 68.3 cm³/mol. The first-order valence-electron chi connectivity index (χ1n) is 6.07. The summed E-state index contributed by atoms with van der Waals surface area (Å²) in [5.41, 5.74) is 0.764. The van der Waals surface area contributed by atoms with Gasteiger partial charge >= 0.3 is 0 Å². The highest BCUT2D eigenvalue weighted by atomic mass is 16.5. The van der Waals surface area contributed by atoms with Gasteiger partial charge in [0.15, 0.2) is 11.5 Å². The van der Waals surface area contributed by atoms with Crippen LogP contribution >= 0.6 is 0 Å². The van der Waals surface area contributed by atoms with Crippen LogP contribution in [0.3, 0.4) is 0 Å². The summed E-state index contributed by atoms with van der Waals surface area (Å²) < 4.78 is 10.4. The molecule has 19 heavy (non-hydrogen) atoms. The minimum absolute atomic E-state index is 0.234. The normalized spacial score (nSPS) is 30.4. The van der Waals surface area contributed by atoms with Crippen molar-refractivity contribution < 1.29 is 24.8 Å². The average Bonchev–Trinajstić information content (AvgIpc) is 2.74. The molecule has 6 nitrogen and oxygen atoms in total. The van der Waals surface area contributed by atoms with Crippen LogP contribution in [0.2, 0.25) is 0 Å². The average molecular weight is 269 g/mol. The highest BCUT2D eigenvalue weighted by Crippen LogP contribution is 2.34. The van der Waals surface area contributed by atoms with Crippen molar-refractivity contribution in [3.63, 3.8) is 0 Å². The zero-order chi connectivity index (χ0) is 14.0.